The van der Waals surface area contributed by atoms with Gasteiger partial charge in [0.25, 0.3) is 0 Å². The second-order valence-electron chi connectivity index (χ2n) is 9.66. The molecular formula is C30H32FN3O2. The van der Waals surface area contributed by atoms with E-state index in [1.807, 2.05) is 67.6 Å². The van der Waals surface area contributed by atoms with E-state index in [0.29, 0.717) is 37.1 Å². The number of aliphatic hydroxyl groups excluding tert-OH is 1. The van der Waals surface area contributed by atoms with Gasteiger partial charge in [-0.05, 0) is 61.9 Å². The SMILES string of the molecule is Cc1nn(-c2ccccc2)c(Oc2cccc(F)c2)c1CN(CC1CC1)C[C@@H](O)Cc1ccccc1. The summed E-state index contributed by atoms with van der Waals surface area (Å²) >= 11 is 0. The van der Waals surface area contributed by atoms with Crippen LogP contribution < -0.4 is 4.74 Å². The Balaban J connectivity index is 1.43. The molecule has 0 aliphatic heterocycles. The lowest BCUT2D eigenvalue weighted by Gasteiger charge is -2.25. The van der Waals surface area contributed by atoms with Crippen molar-refractivity contribution in [2.24, 2.45) is 5.92 Å². The van der Waals surface area contributed by atoms with E-state index < -0.39 is 6.10 Å². The van der Waals surface area contributed by atoms with Gasteiger partial charge in [-0.15, -0.1) is 0 Å². The second kappa shape index (κ2) is 11.1. The third-order valence-corrected chi connectivity index (χ3v) is 6.53. The Labute approximate surface area is 211 Å². The van der Waals surface area contributed by atoms with Gasteiger partial charge in [-0.3, -0.25) is 4.90 Å². The zero-order valence-electron chi connectivity index (χ0n) is 20.6. The van der Waals surface area contributed by atoms with Crippen molar-refractivity contribution in [2.45, 2.75) is 38.8 Å². The predicted molar refractivity (Wildman–Crippen MR) is 139 cm³/mol. The molecule has 5 rings (SSSR count). The van der Waals surface area contributed by atoms with Crippen molar-refractivity contribution in [3.8, 4) is 17.3 Å². The molecule has 1 atom stereocenters. The summed E-state index contributed by atoms with van der Waals surface area (Å²) < 4.78 is 22.0. The van der Waals surface area contributed by atoms with Crippen LogP contribution in [0, 0.1) is 18.7 Å². The topological polar surface area (TPSA) is 50.5 Å². The molecule has 36 heavy (non-hydrogen) atoms. The Morgan fingerprint density at radius 1 is 1.03 bits per heavy atom. The zero-order valence-corrected chi connectivity index (χ0v) is 20.6. The van der Waals surface area contributed by atoms with Crippen LogP contribution >= 0.6 is 0 Å². The summed E-state index contributed by atoms with van der Waals surface area (Å²) in [7, 11) is 0. The van der Waals surface area contributed by atoms with Gasteiger partial charge in [0.1, 0.15) is 11.6 Å². The molecule has 1 heterocycles. The maximum Gasteiger partial charge on any atom is 0.227 e. The summed E-state index contributed by atoms with van der Waals surface area (Å²) in [5, 5.41) is 15.7. The van der Waals surface area contributed by atoms with E-state index in [2.05, 4.69) is 4.90 Å². The molecule has 0 saturated heterocycles. The summed E-state index contributed by atoms with van der Waals surface area (Å²) in [6, 6.07) is 26.1. The first kappa shape index (κ1) is 24.2. The number of para-hydroxylation sites is 1. The van der Waals surface area contributed by atoms with Crippen molar-refractivity contribution in [1.29, 1.82) is 0 Å². The minimum absolute atomic E-state index is 0.351. The van der Waals surface area contributed by atoms with Crippen molar-refractivity contribution >= 4 is 0 Å². The molecule has 0 spiro atoms. The monoisotopic (exact) mass is 485 g/mol. The van der Waals surface area contributed by atoms with E-state index in [1.54, 1.807) is 16.8 Å². The van der Waals surface area contributed by atoms with Gasteiger partial charge < -0.3 is 9.84 Å². The number of aromatic nitrogens is 2. The highest BCUT2D eigenvalue weighted by Crippen LogP contribution is 2.34. The Morgan fingerprint density at radius 2 is 1.75 bits per heavy atom. The fourth-order valence-corrected chi connectivity index (χ4v) is 4.55. The number of nitrogens with zero attached hydrogens (tertiary/aromatic N) is 3. The third-order valence-electron chi connectivity index (χ3n) is 6.53. The van der Waals surface area contributed by atoms with E-state index in [4.69, 9.17) is 9.84 Å². The minimum Gasteiger partial charge on any atom is -0.438 e. The summed E-state index contributed by atoms with van der Waals surface area (Å²) in [6.07, 6.45) is 2.57. The van der Waals surface area contributed by atoms with Crippen molar-refractivity contribution in [2.75, 3.05) is 13.1 Å². The lowest BCUT2D eigenvalue weighted by molar-refractivity contribution is 0.105. The van der Waals surface area contributed by atoms with E-state index >= 15 is 0 Å². The first-order valence-electron chi connectivity index (χ1n) is 12.6. The van der Waals surface area contributed by atoms with Crippen LogP contribution in [0.3, 0.4) is 0 Å². The van der Waals surface area contributed by atoms with Crippen LogP contribution in [0.5, 0.6) is 11.6 Å². The molecular weight excluding hydrogens is 453 g/mol. The zero-order chi connectivity index (χ0) is 24.9. The van der Waals surface area contributed by atoms with Crippen molar-refractivity contribution < 1.29 is 14.2 Å². The lowest BCUT2D eigenvalue weighted by atomic mass is 10.1. The molecule has 1 aliphatic carbocycles. The highest BCUT2D eigenvalue weighted by molar-refractivity contribution is 5.43. The van der Waals surface area contributed by atoms with Gasteiger partial charge in [0.15, 0.2) is 0 Å². The van der Waals surface area contributed by atoms with Gasteiger partial charge in [0, 0.05) is 25.7 Å². The Morgan fingerprint density at radius 3 is 2.44 bits per heavy atom. The van der Waals surface area contributed by atoms with Crippen molar-refractivity contribution in [1.82, 2.24) is 14.7 Å². The number of rotatable bonds is 11. The van der Waals surface area contributed by atoms with Gasteiger partial charge in [-0.1, -0.05) is 54.6 Å². The molecule has 6 heteroatoms. The van der Waals surface area contributed by atoms with Crippen LogP contribution in [-0.2, 0) is 13.0 Å². The van der Waals surface area contributed by atoms with Crippen LogP contribution in [0.1, 0.15) is 29.7 Å². The van der Waals surface area contributed by atoms with Gasteiger partial charge in [-0.25, -0.2) is 9.07 Å². The largest absolute Gasteiger partial charge is 0.438 e. The maximum absolute atomic E-state index is 13.9. The molecule has 4 aromatic rings. The fraction of sp³-hybridized carbons (Fsp3) is 0.300. The van der Waals surface area contributed by atoms with Crippen LogP contribution in [0.2, 0.25) is 0 Å². The molecule has 0 radical (unpaired) electrons. The van der Waals surface area contributed by atoms with E-state index in [9.17, 15) is 9.50 Å². The molecule has 1 saturated carbocycles. The van der Waals surface area contributed by atoms with Gasteiger partial charge >= 0.3 is 0 Å². The fourth-order valence-electron chi connectivity index (χ4n) is 4.55. The van der Waals surface area contributed by atoms with Crippen LogP contribution in [0.4, 0.5) is 4.39 Å². The molecule has 1 aromatic heterocycles. The number of hydrogen-bond donors (Lipinski definition) is 1. The lowest BCUT2D eigenvalue weighted by Crippen LogP contribution is -2.35. The highest BCUT2D eigenvalue weighted by atomic mass is 19.1. The Hall–Kier alpha value is -3.48. The summed E-state index contributed by atoms with van der Waals surface area (Å²) in [4.78, 5) is 2.31. The minimum atomic E-state index is -0.483. The first-order valence-corrected chi connectivity index (χ1v) is 12.6. The smallest absolute Gasteiger partial charge is 0.227 e. The molecule has 5 nitrogen and oxygen atoms in total. The van der Waals surface area contributed by atoms with Crippen molar-refractivity contribution in [3.63, 3.8) is 0 Å². The standard InChI is InChI=1S/C30H32FN3O2/c1-22-29(21-33(19-24-15-16-24)20-27(35)17-23-9-4-2-5-10-23)30(36-28-14-8-11-25(31)18-28)34(32-22)26-12-6-3-7-13-26/h2-14,18,24,27,35H,15-17,19-21H2,1H3/t27-/m0/s1. The quantitative estimate of drug-likeness (QED) is 0.286. The number of hydrogen-bond acceptors (Lipinski definition) is 4. The molecule has 186 valence electrons. The number of halogens is 1. The molecule has 1 N–H and O–H groups in total. The first-order chi connectivity index (χ1) is 17.5. The number of benzene rings is 3. The van der Waals surface area contributed by atoms with E-state index in [0.717, 1.165) is 29.1 Å². The van der Waals surface area contributed by atoms with Crippen LogP contribution in [-0.4, -0.2) is 39.0 Å². The number of aryl methyl sites for hydroxylation is 1. The third kappa shape index (κ3) is 6.20. The predicted octanol–water partition coefficient (Wildman–Crippen LogP) is 5.93. The molecule has 0 bridgehead atoms. The van der Waals surface area contributed by atoms with Gasteiger partial charge in [-0.2, -0.15) is 5.10 Å². The Bertz CT molecular complexity index is 1270. The van der Waals surface area contributed by atoms with Gasteiger partial charge in [0.05, 0.1) is 23.0 Å². The number of ether oxygens (including phenoxy) is 1. The molecule has 1 aliphatic rings. The maximum atomic E-state index is 13.9. The second-order valence-corrected chi connectivity index (χ2v) is 9.66. The summed E-state index contributed by atoms with van der Waals surface area (Å²) in [5.41, 5.74) is 3.79. The van der Waals surface area contributed by atoms with Gasteiger partial charge in [0.2, 0.25) is 5.88 Å². The summed E-state index contributed by atoms with van der Waals surface area (Å²) in [5.74, 6) is 1.30. The molecule has 1 fully saturated rings. The Kier molecular flexibility index (Phi) is 7.44. The van der Waals surface area contributed by atoms with E-state index in [-0.39, 0.29) is 5.82 Å². The normalized spacial score (nSPS) is 14.2. The number of aliphatic hydroxyl groups is 1. The average Bonchev–Trinajstić information content (AvgIpc) is 3.64. The average molecular weight is 486 g/mol. The molecule has 0 amide bonds. The summed E-state index contributed by atoms with van der Waals surface area (Å²) in [6.45, 7) is 4.04. The molecule has 3 aromatic carbocycles. The van der Waals surface area contributed by atoms with E-state index in [1.165, 1.54) is 25.0 Å². The van der Waals surface area contributed by atoms with Crippen LogP contribution in [0.25, 0.3) is 5.69 Å². The molecule has 0 unspecified atom stereocenters. The van der Waals surface area contributed by atoms with Crippen molar-refractivity contribution in [3.05, 3.63) is 108 Å². The van der Waals surface area contributed by atoms with Crippen LogP contribution in [0.15, 0.2) is 84.9 Å². The highest BCUT2D eigenvalue weighted by Gasteiger charge is 2.28.